The van der Waals surface area contributed by atoms with Crippen LogP contribution in [-0.4, -0.2) is 54.0 Å². The van der Waals surface area contributed by atoms with E-state index in [1.54, 1.807) is 6.92 Å². The number of nitrogens with one attached hydrogen (secondary N) is 3. The zero-order chi connectivity index (χ0) is 25.4. The van der Waals surface area contributed by atoms with Crippen molar-refractivity contribution in [3.63, 3.8) is 0 Å². The minimum absolute atomic E-state index is 0.0820. The van der Waals surface area contributed by atoms with E-state index in [1.165, 1.54) is 19.1 Å². The third kappa shape index (κ3) is 7.00. The minimum Gasteiger partial charge on any atom is -0.493 e. The maximum Gasteiger partial charge on any atom is 0.270 e. The maximum absolute atomic E-state index is 13.2. The van der Waals surface area contributed by atoms with Crippen LogP contribution in [0.2, 0.25) is 0 Å². The zero-order valence-corrected chi connectivity index (χ0v) is 19.5. The van der Waals surface area contributed by atoms with Crippen LogP contribution < -0.4 is 20.7 Å². The third-order valence-electron chi connectivity index (χ3n) is 5.44. The number of fused-ring (bicyclic) bond motifs is 1. The summed E-state index contributed by atoms with van der Waals surface area (Å²) in [5, 5.41) is 19.2. The molecule has 11 heteroatoms. The van der Waals surface area contributed by atoms with Gasteiger partial charge in [0.15, 0.2) is 0 Å². The molecule has 186 valence electrons. The summed E-state index contributed by atoms with van der Waals surface area (Å²) in [6.07, 6.45) is -0.373. The quantitative estimate of drug-likeness (QED) is 0.432. The Morgan fingerprint density at radius 2 is 1.86 bits per heavy atom. The fourth-order valence-electron chi connectivity index (χ4n) is 3.44. The fourth-order valence-corrected chi connectivity index (χ4v) is 3.44. The van der Waals surface area contributed by atoms with Crippen molar-refractivity contribution in [3.8, 4) is 5.75 Å². The monoisotopic (exact) mass is 484 g/mol. The van der Waals surface area contributed by atoms with Crippen LogP contribution in [0, 0.1) is 10.1 Å². The maximum atomic E-state index is 13.2. The molecular weight excluding hydrogens is 456 g/mol. The molecule has 2 aromatic rings. The molecule has 0 aliphatic carbocycles. The first-order chi connectivity index (χ1) is 16.8. The van der Waals surface area contributed by atoms with E-state index in [0.717, 1.165) is 11.6 Å². The molecule has 3 amide bonds. The van der Waals surface area contributed by atoms with E-state index in [0.29, 0.717) is 6.42 Å². The molecule has 2 aromatic carbocycles. The van der Waals surface area contributed by atoms with Gasteiger partial charge in [0.1, 0.15) is 17.8 Å². The number of hydrogen-bond acceptors (Lipinski definition) is 7. The molecule has 0 saturated heterocycles. The number of rotatable bonds is 5. The predicted octanol–water partition coefficient (Wildman–Crippen LogP) is 1.70. The molecule has 3 atom stereocenters. The van der Waals surface area contributed by atoms with Crippen molar-refractivity contribution in [1.82, 2.24) is 16.0 Å². The summed E-state index contributed by atoms with van der Waals surface area (Å²) in [6, 6.07) is 10.9. The van der Waals surface area contributed by atoms with Crippen molar-refractivity contribution in [2.24, 2.45) is 0 Å². The number of non-ortho nitro benzene ring substituents is 1. The van der Waals surface area contributed by atoms with Gasteiger partial charge in [0.25, 0.3) is 11.6 Å². The van der Waals surface area contributed by atoms with Gasteiger partial charge < -0.3 is 25.4 Å². The van der Waals surface area contributed by atoms with E-state index in [2.05, 4.69) is 16.0 Å². The Labute approximate surface area is 202 Å². The summed E-state index contributed by atoms with van der Waals surface area (Å²) in [7, 11) is 0. The molecule has 0 bridgehead atoms. The predicted molar refractivity (Wildman–Crippen MR) is 126 cm³/mol. The van der Waals surface area contributed by atoms with Crippen LogP contribution in [-0.2, 0) is 20.9 Å². The lowest BCUT2D eigenvalue weighted by atomic mass is 10.1. The van der Waals surface area contributed by atoms with Gasteiger partial charge in [-0.3, -0.25) is 24.5 Å². The number of hydrogen-bond donors (Lipinski definition) is 3. The van der Waals surface area contributed by atoms with Crippen LogP contribution in [0.1, 0.15) is 36.2 Å². The Balaban J connectivity index is 1.90. The van der Waals surface area contributed by atoms with E-state index in [-0.39, 0.29) is 42.7 Å². The van der Waals surface area contributed by atoms with Gasteiger partial charge in [-0.05, 0) is 31.9 Å². The number of amides is 3. The number of nitrogens with zero attached hydrogens (tertiary/aromatic N) is 1. The molecule has 0 saturated carbocycles. The van der Waals surface area contributed by atoms with Gasteiger partial charge >= 0.3 is 0 Å². The fraction of sp³-hybridized carbons (Fsp3) is 0.375. The van der Waals surface area contributed by atoms with Crippen molar-refractivity contribution in [2.45, 2.75) is 45.1 Å². The summed E-state index contributed by atoms with van der Waals surface area (Å²) in [6.45, 7) is 3.78. The summed E-state index contributed by atoms with van der Waals surface area (Å²) in [5.41, 5.74) is 0.495. The molecule has 0 aromatic heterocycles. The molecule has 11 nitrogen and oxygen atoms in total. The van der Waals surface area contributed by atoms with Crippen molar-refractivity contribution in [1.29, 1.82) is 0 Å². The number of carbonyl (C=O) groups is 3. The Hall–Kier alpha value is -3.99. The summed E-state index contributed by atoms with van der Waals surface area (Å²) >= 11 is 0. The van der Waals surface area contributed by atoms with Gasteiger partial charge in [0, 0.05) is 18.7 Å². The van der Waals surface area contributed by atoms with Crippen LogP contribution in [0.15, 0.2) is 48.5 Å². The lowest BCUT2D eigenvalue weighted by Crippen LogP contribution is -2.57. The topological polar surface area (TPSA) is 149 Å². The Morgan fingerprint density at radius 1 is 1.11 bits per heavy atom. The van der Waals surface area contributed by atoms with E-state index in [1.807, 2.05) is 30.3 Å². The van der Waals surface area contributed by atoms with Crippen molar-refractivity contribution >= 4 is 23.4 Å². The molecule has 1 aliphatic rings. The van der Waals surface area contributed by atoms with Crippen molar-refractivity contribution < 1.29 is 28.8 Å². The highest BCUT2D eigenvalue weighted by molar-refractivity contribution is 6.01. The van der Waals surface area contributed by atoms with Gasteiger partial charge in [0.05, 0.1) is 29.8 Å². The van der Waals surface area contributed by atoms with E-state index >= 15 is 0 Å². The average Bonchev–Trinajstić information content (AvgIpc) is 2.85. The number of nitro benzene ring substituents is 1. The smallest absolute Gasteiger partial charge is 0.270 e. The van der Waals surface area contributed by atoms with Gasteiger partial charge in [-0.1, -0.05) is 30.3 Å². The van der Waals surface area contributed by atoms with Crippen LogP contribution >= 0.6 is 0 Å². The number of ether oxygens (including phenoxy) is 2. The normalized spacial score (nSPS) is 20.2. The second-order valence-electron chi connectivity index (χ2n) is 8.11. The van der Waals surface area contributed by atoms with Gasteiger partial charge in [-0.2, -0.15) is 0 Å². The molecule has 3 N–H and O–H groups in total. The molecule has 3 rings (SSSR count). The van der Waals surface area contributed by atoms with Gasteiger partial charge in [-0.15, -0.1) is 0 Å². The number of carbonyl (C=O) groups excluding carboxylic acids is 3. The summed E-state index contributed by atoms with van der Waals surface area (Å²) < 4.78 is 11.5. The highest BCUT2D eigenvalue weighted by Crippen LogP contribution is 2.25. The van der Waals surface area contributed by atoms with Gasteiger partial charge in [0.2, 0.25) is 11.8 Å². The second kappa shape index (κ2) is 11.9. The molecular formula is C24H28N4O7. The second-order valence-corrected chi connectivity index (χ2v) is 8.11. The van der Waals surface area contributed by atoms with Crippen LogP contribution in [0.5, 0.6) is 5.75 Å². The molecule has 1 unspecified atom stereocenters. The molecule has 0 radical (unpaired) electrons. The van der Waals surface area contributed by atoms with Crippen molar-refractivity contribution in [2.75, 3.05) is 13.2 Å². The minimum atomic E-state index is -1.20. The zero-order valence-electron chi connectivity index (χ0n) is 19.5. The molecule has 1 aliphatic heterocycles. The average molecular weight is 485 g/mol. The largest absolute Gasteiger partial charge is 0.493 e. The molecule has 0 spiro atoms. The standard InChI is InChI=1S/C24H28N4O7/c1-15-22(29)25-11-6-12-34-20-10-9-18(28(32)33)13-19(20)23(30)27-21(24(31)26-15)16(2)35-14-17-7-4-3-5-8-17/h3-5,7-10,13,15-16,21H,6,11-12,14H2,1-2H3,(H,25,29)(H,26,31)(H,27,30)/t15-,16?,21-/m0/s1. The first-order valence-electron chi connectivity index (χ1n) is 11.2. The number of nitro groups is 1. The molecule has 35 heavy (non-hydrogen) atoms. The van der Waals surface area contributed by atoms with E-state index < -0.39 is 34.9 Å². The highest BCUT2D eigenvalue weighted by Gasteiger charge is 2.31. The number of benzene rings is 2. The van der Waals surface area contributed by atoms with E-state index in [4.69, 9.17) is 9.47 Å². The van der Waals surface area contributed by atoms with Crippen molar-refractivity contribution in [3.05, 3.63) is 69.8 Å². The lowest BCUT2D eigenvalue weighted by Gasteiger charge is -2.27. The molecule has 1 heterocycles. The highest BCUT2D eigenvalue weighted by atomic mass is 16.6. The Kier molecular flexibility index (Phi) is 8.74. The first kappa shape index (κ1) is 25.6. The van der Waals surface area contributed by atoms with Crippen LogP contribution in [0.3, 0.4) is 0 Å². The molecule has 0 fully saturated rings. The SMILES string of the molecule is CC(OCc1ccccc1)[C@@H]1NC(=O)c2cc([N+](=O)[O-])ccc2OCCCNC(=O)[C@H](C)NC1=O. The Bertz CT molecular complexity index is 1080. The van der Waals surface area contributed by atoms with Crippen LogP contribution in [0.25, 0.3) is 0 Å². The van der Waals surface area contributed by atoms with E-state index in [9.17, 15) is 24.5 Å². The lowest BCUT2D eigenvalue weighted by molar-refractivity contribution is -0.384. The van der Waals surface area contributed by atoms with Gasteiger partial charge in [-0.25, -0.2) is 0 Å². The van der Waals surface area contributed by atoms with Crippen LogP contribution in [0.4, 0.5) is 5.69 Å². The summed E-state index contributed by atoms with van der Waals surface area (Å²) in [5.74, 6) is -1.63. The third-order valence-corrected chi connectivity index (χ3v) is 5.44. The Morgan fingerprint density at radius 3 is 2.57 bits per heavy atom. The first-order valence-corrected chi connectivity index (χ1v) is 11.2. The summed E-state index contributed by atoms with van der Waals surface area (Å²) in [4.78, 5) is 49.3.